The molecule has 2 N–H and O–H groups in total. The number of aliphatic hydroxyl groups is 1. The number of pyridine rings is 1. The van der Waals surface area contributed by atoms with E-state index in [0.717, 1.165) is 25.3 Å². The number of nitrogens with one attached hydrogen (secondary N) is 1. The van der Waals surface area contributed by atoms with E-state index in [4.69, 9.17) is 4.74 Å². The molecule has 2 fully saturated rings. The van der Waals surface area contributed by atoms with E-state index in [1.807, 2.05) is 12.3 Å². The summed E-state index contributed by atoms with van der Waals surface area (Å²) >= 11 is 0. The Hall–Kier alpha value is -2.79. The van der Waals surface area contributed by atoms with Gasteiger partial charge in [0.25, 0.3) is 0 Å². The summed E-state index contributed by atoms with van der Waals surface area (Å²) in [4.78, 5) is 4.57. The van der Waals surface area contributed by atoms with Gasteiger partial charge in [-0.3, -0.25) is 0 Å². The second-order valence-corrected chi connectivity index (χ2v) is 8.24. The standard InChI is InChI=1S/C24H27N3O2/c1-16(28)22-13-19(17-5-6-17)14-25-24(22)26-20-7-8-23-18(12-20)9-10-27(23)15-21-4-2-3-11-29-21/h7-10,12-14,17,21,28H,1-6,11,15H2,(H,25,26). The number of rotatable bonds is 6. The summed E-state index contributed by atoms with van der Waals surface area (Å²) in [5.74, 6) is 1.26. The number of anilines is 2. The highest BCUT2D eigenvalue weighted by atomic mass is 16.5. The maximum Gasteiger partial charge on any atom is 0.141 e. The molecule has 1 saturated heterocycles. The summed E-state index contributed by atoms with van der Waals surface area (Å²) in [5, 5.41) is 14.6. The van der Waals surface area contributed by atoms with Gasteiger partial charge in [0, 0.05) is 42.1 Å². The molecule has 0 radical (unpaired) electrons. The van der Waals surface area contributed by atoms with Crippen molar-refractivity contribution < 1.29 is 9.84 Å². The third kappa shape index (κ3) is 3.87. The molecule has 0 amide bonds. The Kier molecular flexibility index (Phi) is 4.76. The van der Waals surface area contributed by atoms with Crippen molar-refractivity contribution in [3.63, 3.8) is 0 Å². The van der Waals surface area contributed by atoms with Crippen LogP contribution in [-0.4, -0.2) is 27.4 Å². The summed E-state index contributed by atoms with van der Waals surface area (Å²) < 4.78 is 8.17. The number of ether oxygens (including phenoxy) is 1. The lowest BCUT2D eigenvalue weighted by atomic mass is 10.1. The van der Waals surface area contributed by atoms with Gasteiger partial charge in [0.05, 0.1) is 11.7 Å². The van der Waals surface area contributed by atoms with E-state index < -0.39 is 0 Å². The fourth-order valence-electron chi connectivity index (χ4n) is 4.19. The predicted octanol–water partition coefficient (Wildman–Crippen LogP) is 5.76. The number of hydrogen-bond acceptors (Lipinski definition) is 4. The number of aliphatic hydroxyl groups excluding tert-OH is 1. The first-order valence-electron chi connectivity index (χ1n) is 10.5. The first-order valence-corrected chi connectivity index (χ1v) is 10.5. The number of nitrogens with zero attached hydrogens (tertiary/aromatic N) is 2. The predicted molar refractivity (Wildman–Crippen MR) is 117 cm³/mol. The van der Waals surface area contributed by atoms with Crippen LogP contribution in [0.25, 0.3) is 16.7 Å². The van der Waals surface area contributed by atoms with Crippen molar-refractivity contribution in [2.24, 2.45) is 0 Å². The molecule has 5 rings (SSSR count). The third-order valence-electron chi connectivity index (χ3n) is 5.98. The summed E-state index contributed by atoms with van der Waals surface area (Å²) in [6.07, 6.45) is 10.3. The second kappa shape index (κ2) is 7.56. The van der Waals surface area contributed by atoms with Crippen LogP contribution in [-0.2, 0) is 11.3 Å². The van der Waals surface area contributed by atoms with Crippen molar-refractivity contribution in [3.05, 3.63) is 60.4 Å². The van der Waals surface area contributed by atoms with E-state index in [1.54, 1.807) is 0 Å². The van der Waals surface area contributed by atoms with Gasteiger partial charge in [0.1, 0.15) is 11.6 Å². The largest absolute Gasteiger partial charge is 0.508 e. The van der Waals surface area contributed by atoms with Gasteiger partial charge in [-0.25, -0.2) is 4.98 Å². The summed E-state index contributed by atoms with van der Waals surface area (Å²) in [6, 6.07) is 10.5. The molecule has 29 heavy (non-hydrogen) atoms. The van der Waals surface area contributed by atoms with Crippen LogP contribution in [0.5, 0.6) is 0 Å². The lowest BCUT2D eigenvalue weighted by molar-refractivity contribution is 0.00670. The van der Waals surface area contributed by atoms with Gasteiger partial charge >= 0.3 is 0 Å². The molecule has 1 aliphatic carbocycles. The molecule has 5 nitrogen and oxygen atoms in total. The van der Waals surface area contributed by atoms with Crippen LogP contribution in [0.4, 0.5) is 11.5 Å². The lowest BCUT2D eigenvalue weighted by Gasteiger charge is -2.23. The number of benzene rings is 1. The van der Waals surface area contributed by atoms with Crippen LogP contribution >= 0.6 is 0 Å². The van der Waals surface area contributed by atoms with Crippen molar-refractivity contribution in [2.75, 3.05) is 11.9 Å². The van der Waals surface area contributed by atoms with Crippen LogP contribution in [0.3, 0.4) is 0 Å². The maximum atomic E-state index is 10.1. The number of hydrogen-bond donors (Lipinski definition) is 2. The molecule has 5 heteroatoms. The average Bonchev–Trinajstić information content (AvgIpc) is 3.51. The van der Waals surface area contributed by atoms with Crippen LogP contribution < -0.4 is 5.32 Å². The van der Waals surface area contributed by atoms with Gasteiger partial charge in [-0.05, 0) is 73.9 Å². The molecule has 0 spiro atoms. The Morgan fingerprint density at radius 2 is 2.10 bits per heavy atom. The van der Waals surface area contributed by atoms with Crippen molar-refractivity contribution in [1.29, 1.82) is 0 Å². The SMILES string of the molecule is C=C(O)c1cc(C2CC2)cnc1Nc1ccc2c(ccn2CC2CCCCO2)c1. The maximum absolute atomic E-state index is 10.1. The summed E-state index contributed by atoms with van der Waals surface area (Å²) in [6.45, 7) is 5.49. The molecular formula is C24H27N3O2. The molecule has 1 aromatic carbocycles. The third-order valence-corrected chi connectivity index (χ3v) is 5.98. The highest BCUT2D eigenvalue weighted by molar-refractivity contribution is 5.85. The zero-order chi connectivity index (χ0) is 19.8. The van der Waals surface area contributed by atoms with Gasteiger partial charge < -0.3 is 19.7 Å². The highest BCUT2D eigenvalue weighted by Gasteiger charge is 2.25. The molecule has 2 aromatic heterocycles. The molecule has 150 valence electrons. The Balaban J connectivity index is 1.38. The second-order valence-electron chi connectivity index (χ2n) is 8.24. The van der Waals surface area contributed by atoms with Crippen molar-refractivity contribution in [2.45, 2.75) is 50.7 Å². The van der Waals surface area contributed by atoms with Crippen LogP contribution in [0, 0.1) is 0 Å². The van der Waals surface area contributed by atoms with E-state index in [9.17, 15) is 5.11 Å². The minimum atomic E-state index is 0.0437. The first kappa shape index (κ1) is 18.3. The van der Waals surface area contributed by atoms with Crippen LogP contribution in [0.15, 0.2) is 49.3 Å². The Bertz CT molecular complexity index is 1050. The van der Waals surface area contributed by atoms with Crippen molar-refractivity contribution >= 4 is 28.2 Å². The lowest BCUT2D eigenvalue weighted by Crippen LogP contribution is -2.24. The summed E-state index contributed by atoms with van der Waals surface area (Å²) in [5.41, 5.74) is 3.99. The molecule has 1 unspecified atom stereocenters. The van der Waals surface area contributed by atoms with Crippen LogP contribution in [0.2, 0.25) is 0 Å². The molecule has 2 aliphatic rings. The van der Waals surface area contributed by atoms with E-state index in [-0.39, 0.29) is 5.76 Å². The monoisotopic (exact) mass is 389 g/mol. The molecule has 3 aromatic rings. The first-order chi connectivity index (χ1) is 14.2. The average molecular weight is 389 g/mol. The van der Waals surface area contributed by atoms with Gasteiger partial charge in [0.15, 0.2) is 0 Å². The minimum absolute atomic E-state index is 0.0437. The molecule has 1 saturated carbocycles. The minimum Gasteiger partial charge on any atom is -0.508 e. The Labute approximate surface area is 171 Å². The van der Waals surface area contributed by atoms with Gasteiger partial charge in [0.2, 0.25) is 0 Å². The topological polar surface area (TPSA) is 59.3 Å². The van der Waals surface area contributed by atoms with E-state index >= 15 is 0 Å². The fraction of sp³-hybridized carbons (Fsp3) is 0.375. The fourth-order valence-corrected chi connectivity index (χ4v) is 4.19. The normalized spacial score (nSPS) is 19.4. The number of aromatic nitrogens is 2. The zero-order valence-electron chi connectivity index (χ0n) is 16.6. The van der Waals surface area contributed by atoms with E-state index in [0.29, 0.717) is 23.4 Å². The van der Waals surface area contributed by atoms with Crippen molar-refractivity contribution in [1.82, 2.24) is 9.55 Å². The van der Waals surface area contributed by atoms with Gasteiger partial charge in [-0.1, -0.05) is 6.58 Å². The quantitative estimate of drug-likeness (QED) is 0.527. The molecule has 1 atom stereocenters. The smallest absolute Gasteiger partial charge is 0.141 e. The van der Waals surface area contributed by atoms with Crippen molar-refractivity contribution in [3.8, 4) is 0 Å². The Morgan fingerprint density at radius 1 is 1.21 bits per heavy atom. The van der Waals surface area contributed by atoms with E-state index in [2.05, 4.69) is 51.9 Å². The van der Waals surface area contributed by atoms with E-state index in [1.165, 1.54) is 42.1 Å². The molecule has 0 bridgehead atoms. The molecule has 1 aliphatic heterocycles. The number of fused-ring (bicyclic) bond motifs is 1. The zero-order valence-corrected chi connectivity index (χ0v) is 16.6. The van der Waals surface area contributed by atoms with Gasteiger partial charge in [-0.15, -0.1) is 0 Å². The highest BCUT2D eigenvalue weighted by Crippen LogP contribution is 2.41. The van der Waals surface area contributed by atoms with Gasteiger partial charge in [-0.2, -0.15) is 0 Å². The molecule has 3 heterocycles. The molecular weight excluding hydrogens is 362 g/mol. The summed E-state index contributed by atoms with van der Waals surface area (Å²) in [7, 11) is 0. The van der Waals surface area contributed by atoms with Crippen LogP contribution in [0.1, 0.15) is 49.1 Å². The Morgan fingerprint density at radius 3 is 2.86 bits per heavy atom.